The number of rotatable bonds is 2. The third-order valence-corrected chi connectivity index (χ3v) is 2.51. The number of halogens is 1. The Labute approximate surface area is 98.4 Å². The van der Waals surface area contributed by atoms with Gasteiger partial charge in [-0.1, -0.05) is 41.9 Å². The van der Waals surface area contributed by atoms with Crippen molar-refractivity contribution in [3.8, 4) is 6.07 Å². The number of hydrogen-bond donors (Lipinski definition) is 0. The second kappa shape index (κ2) is 4.69. The summed E-state index contributed by atoms with van der Waals surface area (Å²) in [6.45, 7) is 0. The Morgan fingerprint density at radius 1 is 1.12 bits per heavy atom. The quantitative estimate of drug-likeness (QED) is 0.732. The molecule has 2 rings (SSSR count). The first-order valence-electron chi connectivity index (χ1n) is 4.72. The smallest absolute Gasteiger partial charge is 0.146 e. The van der Waals surface area contributed by atoms with Crippen LogP contribution in [0.3, 0.4) is 0 Å². The molecular weight excluding hydrogens is 222 g/mol. The first-order chi connectivity index (χ1) is 7.83. The fourth-order valence-electron chi connectivity index (χ4n) is 1.37. The van der Waals surface area contributed by atoms with Crippen molar-refractivity contribution in [3.63, 3.8) is 0 Å². The molecule has 2 nitrogen and oxygen atoms in total. The van der Waals surface area contributed by atoms with Crippen LogP contribution in [0.5, 0.6) is 0 Å². The molecule has 0 atom stereocenters. The second-order valence-electron chi connectivity index (χ2n) is 3.14. The molecule has 78 valence electrons. The van der Waals surface area contributed by atoms with Gasteiger partial charge in [0.2, 0.25) is 0 Å². The maximum absolute atomic E-state index is 9.11. The van der Waals surface area contributed by atoms with E-state index in [0.717, 1.165) is 5.56 Å². The van der Waals surface area contributed by atoms with E-state index < -0.39 is 0 Å². The van der Waals surface area contributed by atoms with Gasteiger partial charge in [0, 0.05) is 0 Å². The first kappa shape index (κ1) is 10.5. The van der Waals surface area contributed by atoms with Gasteiger partial charge in [0.15, 0.2) is 0 Å². The van der Waals surface area contributed by atoms with Crippen LogP contribution in [-0.4, -0.2) is 0 Å². The Morgan fingerprint density at radius 2 is 1.88 bits per heavy atom. The molecule has 0 spiro atoms. The van der Waals surface area contributed by atoms with Crippen molar-refractivity contribution in [3.05, 3.63) is 60.1 Å². The number of furan rings is 1. The number of allylic oxidation sites excluding steroid dienone is 1. The van der Waals surface area contributed by atoms with Crippen LogP contribution in [0, 0.1) is 11.3 Å². The van der Waals surface area contributed by atoms with Crippen LogP contribution in [0.15, 0.2) is 53.1 Å². The fraction of sp³-hybridized carbons (Fsp3) is 0. The topological polar surface area (TPSA) is 36.9 Å². The van der Waals surface area contributed by atoms with Crippen molar-refractivity contribution in [1.82, 2.24) is 0 Å². The molecule has 0 N–H and O–H groups in total. The lowest BCUT2D eigenvalue weighted by Gasteiger charge is -2.01. The third kappa shape index (κ3) is 2.00. The van der Waals surface area contributed by atoms with E-state index in [4.69, 9.17) is 21.3 Å². The Morgan fingerprint density at radius 3 is 2.44 bits per heavy atom. The van der Waals surface area contributed by atoms with Gasteiger partial charge in [0.25, 0.3) is 0 Å². The average Bonchev–Trinajstić information content (AvgIpc) is 2.85. The van der Waals surface area contributed by atoms with E-state index in [1.54, 1.807) is 12.1 Å². The van der Waals surface area contributed by atoms with E-state index in [0.29, 0.717) is 16.4 Å². The predicted octanol–water partition coefficient (Wildman–Crippen LogP) is 3.91. The summed E-state index contributed by atoms with van der Waals surface area (Å²) in [6, 6.07) is 14.8. The van der Waals surface area contributed by atoms with Crippen molar-refractivity contribution in [2.45, 2.75) is 0 Å². The second-order valence-corrected chi connectivity index (χ2v) is 3.52. The monoisotopic (exact) mass is 229 g/mol. The predicted molar refractivity (Wildman–Crippen MR) is 63.4 cm³/mol. The van der Waals surface area contributed by atoms with Crippen molar-refractivity contribution >= 4 is 22.2 Å². The molecule has 0 unspecified atom stereocenters. The van der Waals surface area contributed by atoms with Crippen LogP contribution in [0.25, 0.3) is 10.6 Å². The van der Waals surface area contributed by atoms with Crippen LogP contribution < -0.4 is 0 Å². The van der Waals surface area contributed by atoms with Crippen LogP contribution in [-0.2, 0) is 0 Å². The standard InChI is InChI=1S/C13H8ClNO/c14-13(12-7-4-8-16-12)11(9-15)10-5-2-1-3-6-10/h1-8H. The third-order valence-electron chi connectivity index (χ3n) is 2.13. The van der Waals surface area contributed by atoms with Crippen molar-refractivity contribution in [1.29, 1.82) is 5.26 Å². The van der Waals surface area contributed by atoms with E-state index in [-0.39, 0.29) is 0 Å². The van der Waals surface area contributed by atoms with E-state index in [1.807, 2.05) is 30.3 Å². The van der Waals surface area contributed by atoms with Gasteiger partial charge in [-0.05, 0) is 17.7 Å². The zero-order valence-corrected chi connectivity index (χ0v) is 9.11. The molecule has 0 bridgehead atoms. The van der Waals surface area contributed by atoms with Gasteiger partial charge in [-0.25, -0.2) is 0 Å². The highest BCUT2D eigenvalue weighted by Gasteiger charge is 2.10. The van der Waals surface area contributed by atoms with Gasteiger partial charge in [0.1, 0.15) is 16.9 Å². The van der Waals surface area contributed by atoms with Crippen LogP contribution in [0.1, 0.15) is 11.3 Å². The van der Waals surface area contributed by atoms with E-state index in [2.05, 4.69) is 6.07 Å². The Bertz CT molecular complexity index is 535. The summed E-state index contributed by atoms with van der Waals surface area (Å²) in [6.07, 6.45) is 1.53. The number of nitriles is 1. The molecule has 0 fully saturated rings. The maximum atomic E-state index is 9.11. The normalized spacial score (nSPS) is 11.8. The number of nitrogens with zero attached hydrogens (tertiary/aromatic N) is 1. The average molecular weight is 230 g/mol. The summed E-state index contributed by atoms with van der Waals surface area (Å²) in [5.74, 6) is 0.502. The molecule has 0 aliphatic rings. The van der Waals surface area contributed by atoms with Crippen LogP contribution >= 0.6 is 11.6 Å². The molecule has 3 heteroatoms. The van der Waals surface area contributed by atoms with E-state index in [9.17, 15) is 0 Å². The molecule has 0 aliphatic carbocycles. The van der Waals surface area contributed by atoms with Crippen molar-refractivity contribution in [2.24, 2.45) is 0 Å². The Kier molecular flexibility index (Phi) is 3.09. The molecule has 1 heterocycles. The molecule has 0 aliphatic heterocycles. The first-order valence-corrected chi connectivity index (χ1v) is 5.10. The minimum absolute atomic E-state index is 0.332. The van der Waals surface area contributed by atoms with E-state index in [1.165, 1.54) is 6.26 Å². The SMILES string of the molecule is N#CC(=C(Cl)c1ccco1)c1ccccc1. The van der Waals surface area contributed by atoms with Crippen LogP contribution in [0.2, 0.25) is 0 Å². The molecule has 1 aromatic heterocycles. The minimum Gasteiger partial charge on any atom is -0.463 e. The number of benzene rings is 1. The van der Waals surface area contributed by atoms with Gasteiger partial charge in [-0.15, -0.1) is 0 Å². The van der Waals surface area contributed by atoms with Crippen molar-refractivity contribution in [2.75, 3.05) is 0 Å². The molecule has 0 saturated carbocycles. The lowest BCUT2D eigenvalue weighted by atomic mass is 10.1. The Balaban J connectivity index is 2.52. The molecule has 2 aromatic rings. The fourth-order valence-corrected chi connectivity index (χ4v) is 1.63. The van der Waals surface area contributed by atoms with Crippen molar-refractivity contribution < 1.29 is 4.42 Å². The highest BCUT2D eigenvalue weighted by Crippen LogP contribution is 2.29. The molecule has 1 aromatic carbocycles. The lowest BCUT2D eigenvalue weighted by Crippen LogP contribution is -1.83. The van der Waals surface area contributed by atoms with Crippen LogP contribution in [0.4, 0.5) is 0 Å². The largest absolute Gasteiger partial charge is 0.463 e. The summed E-state index contributed by atoms with van der Waals surface area (Å²) in [4.78, 5) is 0. The zero-order valence-electron chi connectivity index (χ0n) is 8.35. The van der Waals surface area contributed by atoms with Gasteiger partial charge in [0.05, 0.1) is 11.8 Å². The lowest BCUT2D eigenvalue weighted by molar-refractivity contribution is 0.556. The summed E-state index contributed by atoms with van der Waals surface area (Å²) in [7, 11) is 0. The number of hydrogen-bond acceptors (Lipinski definition) is 2. The zero-order chi connectivity index (χ0) is 11.4. The molecule has 0 amide bonds. The minimum atomic E-state index is 0.332. The van der Waals surface area contributed by atoms with E-state index >= 15 is 0 Å². The van der Waals surface area contributed by atoms with Gasteiger partial charge in [-0.3, -0.25) is 0 Å². The summed E-state index contributed by atoms with van der Waals surface area (Å²) in [5, 5.41) is 9.45. The molecule has 0 saturated heterocycles. The summed E-state index contributed by atoms with van der Waals surface area (Å²) in [5.41, 5.74) is 1.20. The highest BCUT2D eigenvalue weighted by molar-refractivity contribution is 6.52. The van der Waals surface area contributed by atoms with Gasteiger partial charge in [-0.2, -0.15) is 5.26 Å². The summed E-state index contributed by atoms with van der Waals surface area (Å²) < 4.78 is 5.16. The Hall–Kier alpha value is -1.98. The molecule has 16 heavy (non-hydrogen) atoms. The van der Waals surface area contributed by atoms with Gasteiger partial charge < -0.3 is 4.42 Å². The highest BCUT2D eigenvalue weighted by atomic mass is 35.5. The molecule has 0 radical (unpaired) electrons. The van der Waals surface area contributed by atoms with Gasteiger partial charge >= 0.3 is 0 Å². The maximum Gasteiger partial charge on any atom is 0.146 e. The molecular formula is C13H8ClNO. The summed E-state index contributed by atoms with van der Waals surface area (Å²) >= 11 is 6.11.